The van der Waals surface area contributed by atoms with E-state index in [4.69, 9.17) is 9.15 Å². The van der Waals surface area contributed by atoms with Crippen LogP contribution in [-0.2, 0) is 11.2 Å². The van der Waals surface area contributed by atoms with E-state index in [-0.39, 0.29) is 11.2 Å². The van der Waals surface area contributed by atoms with Crippen molar-refractivity contribution in [2.75, 3.05) is 7.11 Å². The summed E-state index contributed by atoms with van der Waals surface area (Å²) < 4.78 is 11.0. The maximum atomic E-state index is 12.4. The van der Waals surface area contributed by atoms with Gasteiger partial charge in [0.05, 0.1) is 12.5 Å². The molecular weight excluding hydrogens is 292 g/mol. The van der Waals surface area contributed by atoms with Crippen LogP contribution in [0.5, 0.6) is 5.75 Å². The normalized spacial score (nSPS) is 10.7. The van der Waals surface area contributed by atoms with Gasteiger partial charge in [0.1, 0.15) is 22.9 Å². The predicted molar refractivity (Wildman–Crippen MR) is 88.9 cm³/mol. The molecule has 0 aliphatic heterocycles. The van der Waals surface area contributed by atoms with Crippen LogP contribution in [0.25, 0.3) is 22.3 Å². The first-order chi connectivity index (χ1) is 11.1. The van der Waals surface area contributed by atoms with Crippen LogP contribution in [0.15, 0.2) is 57.7 Å². The highest BCUT2D eigenvalue weighted by Gasteiger charge is 2.09. The van der Waals surface area contributed by atoms with Crippen LogP contribution in [0.4, 0.5) is 0 Å². The summed E-state index contributed by atoms with van der Waals surface area (Å²) in [7, 11) is 1.60. The molecule has 1 aromatic heterocycles. The highest BCUT2D eigenvalue weighted by atomic mass is 16.5. The summed E-state index contributed by atoms with van der Waals surface area (Å²) in [6.07, 6.45) is 0.315. The lowest BCUT2D eigenvalue weighted by Gasteiger charge is -2.06. The average molecular weight is 308 g/mol. The Morgan fingerprint density at radius 1 is 1.09 bits per heavy atom. The number of rotatable bonds is 4. The molecule has 116 valence electrons. The minimum Gasteiger partial charge on any atom is -0.497 e. The van der Waals surface area contributed by atoms with Gasteiger partial charge in [0.2, 0.25) is 0 Å². The van der Waals surface area contributed by atoms with Gasteiger partial charge in [-0.25, -0.2) is 0 Å². The van der Waals surface area contributed by atoms with E-state index in [0.29, 0.717) is 23.2 Å². The maximum Gasteiger partial charge on any atom is 0.193 e. The molecule has 0 aliphatic rings. The Labute approximate surface area is 133 Å². The van der Waals surface area contributed by atoms with Gasteiger partial charge in [0, 0.05) is 18.1 Å². The van der Waals surface area contributed by atoms with E-state index in [1.54, 1.807) is 19.2 Å². The highest BCUT2D eigenvalue weighted by molar-refractivity contribution is 5.83. The molecular formula is C19H16O4. The molecule has 0 N–H and O–H groups in total. The molecule has 0 saturated heterocycles. The van der Waals surface area contributed by atoms with Gasteiger partial charge in [0.25, 0.3) is 0 Å². The first-order valence-electron chi connectivity index (χ1n) is 7.27. The minimum atomic E-state index is -0.123. The molecule has 0 spiro atoms. The van der Waals surface area contributed by atoms with E-state index in [1.165, 1.54) is 13.0 Å². The summed E-state index contributed by atoms with van der Waals surface area (Å²) in [5.74, 6) is 1.30. The predicted octanol–water partition coefficient (Wildman–Crippen LogP) is 3.60. The SMILES string of the molecule is COc1ccc(-c2cc(=O)c3cc(CC(C)=O)ccc3o2)cc1. The first kappa shape index (κ1) is 15.0. The fourth-order valence-electron chi connectivity index (χ4n) is 2.50. The van der Waals surface area contributed by atoms with Crippen molar-refractivity contribution in [1.29, 1.82) is 0 Å². The van der Waals surface area contributed by atoms with Crippen LogP contribution in [0.3, 0.4) is 0 Å². The molecule has 23 heavy (non-hydrogen) atoms. The Morgan fingerprint density at radius 3 is 2.48 bits per heavy atom. The Morgan fingerprint density at radius 2 is 1.83 bits per heavy atom. The Balaban J connectivity index is 2.07. The Bertz CT molecular complexity index is 920. The first-order valence-corrected chi connectivity index (χ1v) is 7.27. The number of benzene rings is 2. The molecule has 3 rings (SSSR count). The summed E-state index contributed by atoms with van der Waals surface area (Å²) >= 11 is 0. The van der Waals surface area contributed by atoms with Gasteiger partial charge >= 0.3 is 0 Å². The van der Waals surface area contributed by atoms with Crippen molar-refractivity contribution in [3.05, 3.63) is 64.3 Å². The molecule has 0 amide bonds. The highest BCUT2D eigenvalue weighted by Crippen LogP contribution is 2.24. The zero-order valence-corrected chi connectivity index (χ0v) is 13.0. The topological polar surface area (TPSA) is 56.5 Å². The number of ketones is 1. The van der Waals surface area contributed by atoms with E-state index in [9.17, 15) is 9.59 Å². The third-order valence-electron chi connectivity index (χ3n) is 3.62. The van der Waals surface area contributed by atoms with Crippen LogP contribution >= 0.6 is 0 Å². The summed E-state index contributed by atoms with van der Waals surface area (Å²) in [6, 6.07) is 14.1. The quantitative estimate of drug-likeness (QED) is 0.739. The van der Waals surface area contributed by atoms with Crippen molar-refractivity contribution >= 4 is 16.8 Å². The van der Waals surface area contributed by atoms with Crippen molar-refractivity contribution in [1.82, 2.24) is 0 Å². The molecule has 2 aromatic carbocycles. The second kappa shape index (κ2) is 6.08. The van der Waals surface area contributed by atoms with E-state index in [0.717, 1.165) is 16.9 Å². The van der Waals surface area contributed by atoms with Crippen LogP contribution in [0, 0.1) is 0 Å². The standard InChI is InChI=1S/C19H16O4/c1-12(20)9-13-3-8-18-16(10-13)17(21)11-19(23-18)14-4-6-15(22-2)7-5-14/h3-8,10-11H,9H2,1-2H3. The van der Waals surface area contributed by atoms with E-state index >= 15 is 0 Å². The van der Waals surface area contributed by atoms with Crippen molar-refractivity contribution in [3.8, 4) is 17.1 Å². The molecule has 0 aliphatic carbocycles. The fraction of sp³-hybridized carbons (Fsp3) is 0.158. The lowest BCUT2D eigenvalue weighted by molar-refractivity contribution is -0.116. The molecule has 4 heteroatoms. The number of methoxy groups -OCH3 is 1. The number of fused-ring (bicyclic) bond motifs is 1. The Hall–Kier alpha value is -2.88. The van der Waals surface area contributed by atoms with E-state index in [2.05, 4.69) is 0 Å². The number of carbonyl (C=O) groups is 1. The molecule has 4 nitrogen and oxygen atoms in total. The maximum absolute atomic E-state index is 12.4. The van der Waals surface area contributed by atoms with Crippen molar-refractivity contribution in [2.45, 2.75) is 13.3 Å². The molecule has 1 heterocycles. The van der Waals surface area contributed by atoms with Gasteiger partial charge in [0.15, 0.2) is 5.43 Å². The second-order valence-electron chi connectivity index (χ2n) is 5.41. The molecule has 0 radical (unpaired) electrons. The molecule has 0 atom stereocenters. The monoisotopic (exact) mass is 308 g/mol. The lowest BCUT2D eigenvalue weighted by atomic mass is 10.1. The fourth-order valence-corrected chi connectivity index (χ4v) is 2.50. The van der Waals surface area contributed by atoms with E-state index < -0.39 is 0 Å². The summed E-state index contributed by atoms with van der Waals surface area (Å²) in [5.41, 5.74) is 2.00. The van der Waals surface area contributed by atoms with Crippen molar-refractivity contribution in [3.63, 3.8) is 0 Å². The number of carbonyl (C=O) groups excluding carboxylic acids is 1. The van der Waals surface area contributed by atoms with Gasteiger partial charge in [-0.15, -0.1) is 0 Å². The molecule has 0 saturated carbocycles. The van der Waals surface area contributed by atoms with Gasteiger partial charge in [-0.05, 0) is 48.9 Å². The van der Waals surface area contributed by atoms with Crippen LogP contribution in [-0.4, -0.2) is 12.9 Å². The van der Waals surface area contributed by atoms with Crippen LogP contribution in [0.1, 0.15) is 12.5 Å². The van der Waals surface area contributed by atoms with E-state index in [1.807, 2.05) is 30.3 Å². The van der Waals surface area contributed by atoms with Gasteiger partial charge < -0.3 is 9.15 Å². The minimum absolute atomic E-state index is 0.0589. The molecule has 3 aromatic rings. The molecule has 0 unspecified atom stereocenters. The zero-order chi connectivity index (χ0) is 16.4. The van der Waals surface area contributed by atoms with Crippen molar-refractivity contribution in [2.24, 2.45) is 0 Å². The average Bonchev–Trinajstić information content (AvgIpc) is 2.55. The van der Waals surface area contributed by atoms with Gasteiger partial charge in [-0.1, -0.05) is 6.07 Å². The summed E-state index contributed by atoms with van der Waals surface area (Å²) in [4.78, 5) is 23.6. The molecule has 0 fully saturated rings. The number of hydrogen-bond donors (Lipinski definition) is 0. The lowest BCUT2D eigenvalue weighted by Crippen LogP contribution is -2.03. The number of ether oxygens (including phenoxy) is 1. The third kappa shape index (κ3) is 3.16. The summed E-state index contributed by atoms with van der Waals surface area (Å²) in [6.45, 7) is 1.53. The Kier molecular flexibility index (Phi) is 3.98. The smallest absolute Gasteiger partial charge is 0.193 e. The molecule has 0 bridgehead atoms. The largest absolute Gasteiger partial charge is 0.497 e. The van der Waals surface area contributed by atoms with Gasteiger partial charge in [-0.3, -0.25) is 9.59 Å². The number of Topliss-reactive ketones (excluding diaryl/α,β-unsaturated/α-hetero) is 1. The summed E-state index contributed by atoms with van der Waals surface area (Å²) in [5, 5.41) is 0.487. The van der Waals surface area contributed by atoms with Crippen LogP contribution in [0.2, 0.25) is 0 Å². The van der Waals surface area contributed by atoms with Gasteiger partial charge in [-0.2, -0.15) is 0 Å². The second-order valence-corrected chi connectivity index (χ2v) is 5.41. The zero-order valence-electron chi connectivity index (χ0n) is 13.0. The number of hydrogen-bond acceptors (Lipinski definition) is 4. The van der Waals surface area contributed by atoms with Crippen LogP contribution < -0.4 is 10.2 Å². The third-order valence-corrected chi connectivity index (χ3v) is 3.62. The van der Waals surface area contributed by atoms with Crippen molar-refractivity contribution < 1.29 is 13.9 Å².